The van der Waals surface area contributed by atoms with Gasteiger partial charge in [0.1, 0.15) is 5.82 Å². The highest BCUT2D eigenvalue weighted by molar-refractivity contribution is 5.77. The molecule has 0 fully saturated rings. The van der Waals surface area contributed by atoms with Crippen LogP contribution in [0, 0.1) is 0 Å². The summed E-state index contributed by atoms with van der Waals surface area (Å²) in [5.74, 6) is 1.46. The monoisotopic (exact) mass is 366 g/mol. The van der Waals surface area contributed by atoms with Crippen molar-refractivity contribution in [2.45, 2.75) is 32.6 Å². The predicted octanol–water partition coefficient (Wildman–Crippen LogP) is 7.11. The Balaban J connectivity index is 1.97. The van der Waals surface area contributed by atoms with E-state index in [0.717, 1.165) is 11.4 Å². The van der Waals surface area contributed by atoms with Gasteiger partial charge in [-0.05, 0) is 23.5 Å². The van der Waals surface area contributed by atoms with E-state index in [9.17, 15) is 0 Å². The Bertz CT molecular complexity index is 1030. The van der Waals surface area contributed by atoms with Crippen LogP contribution in [-0.2, 0) is 0 Å². The van der Waals surface area contributed by atoms with E-state index in [1.807, 2.05) is 12.3 Å². The Kier molecular flexibility index (Phi) is 5.38. The minimum atomic E-state index is 0.481. The molecule has 1 atom stereocenters. The van der Waals surface area contributed by atoms with Crippen molar-refractivity contribution in [2.75, 3.05) is 0 Å². The van der Waals surface area contributed by atoms with Gasteiger partial charge >= 0.3 is 0 Å². The van der Waals surface area contributed by atoms with Crippen molar-refractivity contribution in [2.24, 2.45) is 0 Å². The first-order valence-electron chi connectivity index (χ1n) is 10.1. The van der Waals surface area contributed by atoms with Gasteiger partial charge in [0, 0.05) is 23.5 Å². The highest BCUT2D eigenvalue weighted by Gasteiger charge is 2.19. The maximum absolute atomic E-state index is 4.71. The normalized spacial score (nSPS) is 12.1. The van der Waals surface area contributed by atoms with Crippen LogP contribution in [0.3, 0.4) is 0 Å². The molecular formula is C26H26N2. The molecule has 0 aliphatic carbocycles. The third-order valence-corrected chi connectivity index (χ3v) is 5.32. The number of para-hydroxylation sites is 1. The molecular weight excluding hydrogens is 340 g/mol. The van der Waals surface area contributed by atoms with Crippen LogP contribution in [0.15, 0.2) is 91.3 Å². The van der Waals surface area contributed by atoms with Crippen LogP contribution in [0.2, 0.25) is 0 Å². The van der Waals surface area contributed by atoms with E-state index in [0.29, 0.717) is 5.92 Å². The molecule has 0 aliphatic rings. The summed E-state index contributed by atoms with van der Waals surface area (Å²) in [5, 5.41) is 0. The van der Waals surface area contributed by atoms with Gasteiger partial charge in [0.2, 0.25) is 0 Å². The smallest absolute Gasteiger partial charge is 0.144 e. The Labute approximate surface area is 167 Å². The SMILES string of the molecule is CCCC(C)c1cccc(-c2ccccc2)c1-n1ccnc1-c1ccccc1. The second-order valence-electron chi connectivity index (χ2n) is 7.29. The number of hydrogen-bond donors (Lipinski definition) is 0. The summed E-state index contributed by atoms with van der Waals surface area (Å²) in [7, 11) is 0. The lowest BCUT2D eigenvalue weighted by molar-refractivity contribution is 0.661. The molecule has 1 heterocycles. The zero-order valence-electron chi connectivity index (χ0n) is 16.5. The maximum Gasteiger partial charge on any atom is 0.144 e. The molecule has 0 amide bonds. The highest BCUT2D eigenvalue weighted by Crippen LogP contribution is 2.37. The number of imidazole rings is 1. The topological polar surface area (TPSA) is 17.8 Å². The number of aromatic nitrogens is 2. The van der Waals surface area contributed by atoms with Gasteiger partial charge in [0.25, 0.3) is 0 Å². The second-order valence-corrected chi connectivity index (χ2v) is 7.29. The summed E-state index contributed by atoms with van der Waals surface area (Å²) in [5.41, 5.74) is 6.22. The van der Waals surface area contributed by atoms with E-state index in [-0.39, 0.29) is 0 Å². The fourth-order valence-corrected chi connectivity index (χ4v) is 3.95. The van der Waals surface area contributed by atoms with Crippen LogP contribution in [0.4, 0.5) is 0 Å². The highest BCUT2D eigenvalue weighted by atomic mass is 15.1. The van der Waals surface area contributed by atoms with Crippen molar-refractivity contribution in [1.82, 2.24) is 9.55 Å². The van der Waals surface area contributed by atoms with E-state index >= 15 is 0 Å². The van der Waals surface area contributed by atoms with Gasteiger partial charge in [-0.15, -0.1) is 0 Å². The zero-order valence-corrected chi connectivity index (χ0v) is 16.5. The van der Waals surface area contributed by atoms with Gasteiger partial charge in [-0.25, -0.2) is 4.98 Å². The van der Waals surface area contributed by atoms with Gasteiger partial charge in [0.05, 0.1) is 5.69 Å². The lowest BCUT2D eigenvalue weighted by Crippen LogP contribution is -2.06. The molecule has 1 aromatic heterocycles. The molecule has 0 N–H and O–H groups in total. The second kappa shape index (κ2) is 8.26. The average molecular weight is 367 g/mol. The van der Waals surface area contributed by atoms with Gasteiger partial charge in [0.15, 0.2) is 0 Å². The van der Waals surface area contributed by atoms with Crippen LogP contribution in [0.1, 0.15) is 38.2 Å². The third-order valence-electron chi connectivity index (χ3n) is 5.32. The van der Waals surface area contributed by atoms with Crippen molar-refractivity contribution < 1.29 is 0 Å². The van der Waals surface area contributed by atoms with Crippen molar-refractivity contribution in [3.63, 3.8) is 0 Å². The molecule has 0 aliphatic heterocycles. The fourth-order valence-electron chi connectivity index (χ4n) is 3.95. The van der Waals surface area contributed by atoms with Gasteiger partial charge in [-0.2, -0.15) is 0 Å². The summed E-state index contributed by atoms with van der Waals surface area (Å²) in [6.07, 6.45) is 6.33. The van der Waals surface area contributed by atoms with Crippen molar-refractivity contribution in [1.29, 1.82) is 0 Å². The summed E-state index contributed by atoms with van der Waals surface area (Å²) < 4.78 is 2.26. The Morgan fingerprint density at radius 3 is 2.18 bits per heavy atom. The Morgan fingerprint density at radius 1 is 0.821 bits per heavy atom. The summed E-state index contributed by atoms with van der Waals surface area (Å²) in [6.45, 7) is 4.58. The molecule has 0 saturated carbocycles. The van der Waals surface area contributed by atoms with E-state index in [1.54, 1.807) is 0 Å². The lowest BCUT2D eigenvalue weighted by atomic mass is 9.90. The standard InChI is InChI=1S/C26H26N2/c1-3-11-20(2)23-16-10-17-24(21-12-6-4-7-13-21)25(23)28-19-18-27-26(28)22-14-8-5-9-15-22/h4-10,12-20H,3,11H2,1-2H3. The van der Waals surface area contributed by atoms with Crippen LogP contribution in [0.25, 0.3) is 28.2 Å². The molecule has 4 aromatic rings. The molecule has 0 bridgehead atoms. The number of rotatable bonds is 6. The summed E-state index contributed by atoms with van der Waals surface area (Å²) in [4.78, 5) is 4.71. The van der Waals surface area contributed by atoms with Gasteiger partial charge in [-0.3, -0.25) is 4.57 Å². The average Bonchev–Trinajstić information content (AvgIpc) is 3.24. The summed E-state index contributed by atoms with van der Waals surface area (Å²) in [6, 6.07) is 27.8. The van der Waals surface area contributed by atoms with Crippen molar-refractivity contribution in [3.05, 3.63) is 96.8 Å². The fraction of sp³-hybridized carbons (Fsp3) is 0.192. The van der Waals surface area contributed by atoms with Crippen LogP contribution >= 0.6 is 0 Å². The van der Waals surface area contributed by atoms with Crippen LogP contribution in [0.5, 0.6) is 0 Å². The minimum Gasteiger partial charge on any atom is -0.299 e. The van der Waals surface area contributed by atoms with Gasteiger partial charge < -0.3 is 0 Å². The molecule has 140 valence electrons. The predicted molar refractivity (Wildman–Crippen MR) is 118 cm³/mol. The molecule has 3 aromatic carbocycles. The molecule has 0 spiro atoms. The Morgan fingerprint density at radius 2 is 1.50 bits per heavy atom. The first-order valence-corrected chi connectivity index (χ1v) is 10.1. The van der Waals surface area contributed by atoms with E-state index < -0.39 is 0 Å². The molecule has 28 heavy (non-hydrogen) atoms. The maximum atomic E-state index is 4.71. The van der Waals surface area contributed by atoms with Crippen molar-refractivity contribution in [3.8, 4) is 28.2 Å². The van der Waals surface area contributed by atoms with E-state index in [4.69, 9.17) is 4.98 Å². The first-order chi connectivity index (χ1) is 13.8. The largest absolute Gasteiger partial charge is 0.299 e. The zero-order chi connectivity index (χ0) is 19.3. The molecule has 0 saturated heterocycles. The first kappa shape index (κ1) is 18.2. The molecule has 1 unspecified atom stereocenters. The van der Waals surface area contributed by atoms with E-state index in [1.165, 1.54) is 35.2 Å². The molecule has 2 nitrogen and oxygen atoms in total. The van der Waals surface area contributed by atoms with Gasteiger partial charge in [-0.1, -0.05) is 99.1 Å². The molecule has 0 radical (unpaired) electrons. The van der Waals surface area contributed by atoms with Crippen LogP contribution in [-0.4, -0.2) is 9.55 Å². The number of hydrogen-bond acceptors (Lipinski definition) is 1. The summed E-state index contributed by atoms with van der Waals surface area (Å²) >= 11 is 0. The van der Waals surface area contributed by atoms with Crippen molar-refractivity contribution >= 4 is 0 Å². The molecule has 4 rings (SSSR count). The number of benzene rings is 3. The minimum absolute atomic E-state index is 0.481. The third kappa shape index (κ3) is 3.50. The number of nitrogens with zero attached hydrogens (tertiary/aromatic N) is 2. The Hall–Kier alpha value is -3.13. The molecule has 2 heteroatoms. The van der Waals surface area contributed by atoms with E-state index in [2.05, 4.69) is 97.4 Å². The lowest BCUT2D eigenvalue weighted by Gasteiger charge is -2.22. The van der Waals surface area contributed by atoms with Crippen LogP contribution < -0.4 is 0 Å². The quantitative estimate of drug-likeness (QED) is 0.355.